The summed E-state index contributed by atoms with van der Waals surface area (Å²) in [4.78, 5) is 37.8. The van der Waals surface area contributed by atoms with Gasteiger partial charge in [-0.2, -0.15) is 4.39 Å². The average Bonchev–Trinajstić information content (AvgIpc) is 3.00. The van der Waals surface area contributed by atoms with Gasteiger partial charge in [0.05, 0.1) is 11.4 Å². The molecule has 0 unspecified atom stereocenters. The predicted molar refractivity (Wildman–Crippen MR) is 92.1 cm³/mol. The summed E-state index contributed by atoms with van der Waals surface area (Å²) < 4.78 is 19.3. The van der Waals surface area contributed by atoms with Gasteiger partial charge in [-0.1, -0.05) is 24.3 Å². The molecule has 0 bridgehead atoms. The van der Waals surface area contributed by atoms with Gasteiger partial charge in [-0.3, -0.25) is 14.4 Å². The minimum atomic E-state index is -0.766. The van der Waals surface area contributed by atoms with E-state index in [1.165, 1.54) is 6.08 Å². The van der Waals surface area contributed by atoms with Gasteiger partial charge in [0.25, 0.3) is 11.8 Å². The first-order chi connectivity index (χ1) is 12.0. The Kier molecular flexibility index (Phi) is 5.06. The minimum Gasteiger partial charge on any atom is -0.461 e. The van der Waals surface area contributed by atoms with Gasteiger partial charge in [-0.05, 0) is 25.7 Å². The van der Waals surface area contributed by atoms with Gasteiger partial charge >= 0.3 is 5.97 Å². The number of hydrogen-bond donors (Lipinski definition) is 0. The summed E-state index contributed by atoms with van der Waals surface area (Å²) in [5.41, 5.74) is 0.636. The van der Waals surface area contributed by atoms with Crippen LogP contribution in [0.4, 0.5) is 10.1 Å². The summed E-state index contributed by atoms with van der Waals surface area (Å²) in [6.45, 7) is 3.47. The number of nitrogens with zero attached hydrogens (tertiary/aromatic N) is 1. The molecule has 1 aromatic rings. The van der Waals surface area contributed by atoms with Crippen molar-refractivity contribution < 1.29 is 23.5 Å². The Labute approximate surface area is 152 Å². The number of anilines is 1. The molecule has 0 spiro atoms. The van der Waals surface area contributed by atoms with Gasteiger partial charge in [0, 0.05) is 16.0 Å². The van der Waals surface area contributed by atoms with Crippen molar-refractivity contribution in [3.63, 3.8) is 0 Å². The zero-order valence-corrected chi connectivity index (χ0v) is 14.8. The number of amides is 2. The zero-order valence-electron chi connectivity index (χ0n) is 13.3. The number of imide groups is 1. The molecule has 25 heavy (non-hydrogen) atoms. The molecule has 0 saturated heterocycles. The van der Waals surface area contributed by atoms with Crippen LogP contribution >= 0.6 is 22.9 Å². The third-order valence-electron chi connectivity index (χ3n) is 4.13. The van der Waals surface area contributed by atoms with Crippen LogP contribution in [0.3, 0.4) is 0 Å². The van der Waals surface area contributed by atoms with Crippen molar-refractivity contribution >= 4 is 46.4 Å². The lowest BCUT2D eigenvalue weighted by Gasteiger charge is -2.14. The Bertz CT molecular complexity index is 786. The number of hydrogen-bond acceptors (Lipinski definition) is 5. The maximum atomic E-state index is 14.5. The lowest BCUT2D eigenvalue weighted by molar-refractivity contribution is -0.141. The molecule has 0 radical (unpaired) electrons. The molecule has 2 amide bonds. The van der Waals surface area contributed by atoms with E-state index in [4.69, 9.17) is 16.3 Å². The van der Waals surface area contributed by atoms with Crippen molar-refractivity contribution in [3.05, 3.63) is 38.8 Å². The fraction of sp³-hybridized carbons (Fsp3) is 0.353. The number of carbonyl (C=O) groups is 3. The van der Waals surface area contributed by atoms with Crippen molar-refractivity contribution in [3.8, 4) is 0 Å². The second-order valence-electron chi connectivity index (χ2n) is 5.72. The third kappa shape index (κ3) is 3.14. The highest BCUT2D eigenvalue weighted by atomic mass is 35.5. The summed E-state index contributed by atoms with van der Waals surface area (Å²) >= 11 is 6.83. The molecule has 0 N–H and O–H groups in total. The van der Waals surface area contributed by atoms with Crippen molar-refractivity contribution in [1.82, 2.24) is 0 Å². The van der Waals surface area contributed by atoms with Crippen LogP contribution in [0.5, 0.6) is 0 Å². The van der Waals surface area contributed by atoms with E-state index in [2.05, 4.69) is 6.58 Å². The number of esters is 1. The molecule has 0 fully saturated rings. The monoisotopic (exact) mass is 383 g/mol. The maximum absolute atomic E-state index is 14.5. The quantitative estimate of drug-likeness (QED) is 0.443. The van der Waals surface area contributed by atoms with E-state index in [1.807, 2.05) is 0 Å². The number of thiophene rings is 1. The first-order valence-electron chi connectivity index (χ1n) is 7.79. The van der Waals surface area contributed by atoms with E-state index in [9.17, 15) is 18.8 Å². The number of rotatable bonds is 5. The topological polar surface area (TPSA) is 63.7 Å². The second-order valence-corrected chi connectivity index (χ2v) is 7.15. The van der Waals surface area contributed by atoms with Gasteiger partial charge in [-0.25, -0.2) is 4.90 Å². The van der Waals surface area contributed by atoms with E-state index < -0.39 is 22.9 Å². The molecule has 5 nitrogen and oxygen atoms in total. The number of halogens is 2. The van der Waals surface area contributed by atoms with Crippen LogP contribution in [0.2, 0.25) is 5.02 Å². The smallest absolute Gasteiger partial charge is 0.311 e. The SMILES string of the molecule is C=CCOC(=O)Cc1sc(F)c(N2C(=O)C3=C(CCCC3)C2=O)c1Cl. The fourth-order valence-electron chi connectivity index (χ4n) is 3.00. The largest absolute Gasteiger partial charge is 0.461 e. The zero-order chi connectivity index (χ0) is 18.1. The van der Waals surface area contributed by atoms with Crippen LogP contribution in [-0.2, 0) is 25.5 Å². The van der Waals surface area contributed by atoms with E-state index >= 15 is 0 Å². The maximum Gasteiger partial charge on any atom is 0.311 e. The molecule has 2 aliphatic rings. The lowest BCUT2D eigenvalue weighted by atomic mass is 9.93. The fourth-order valence-corrected chi connectivity index (χ4v) is 4.28. The Hall–Kier alpha value is -1.99. The van der Waals surface area contributed by atoms with E-state index in [1.54, 1.807) is 0 Å². The van der Waals surface area contributed by atoms with Crippen LogP contribution in [0.1, 0.15) is 30.6 Å². The standard InChI is InChI=1S/C17H15ClFNO4S/c1-2-7-24-12(21)8-11-13(18)14(15(19)25-11)20-16(22)9-5-3-4-6-10(9)17(20)23/h2H,1,3-8H2. The highest BCUT2D eigenvalue weighted by Gasteiger charge is 2.42. The Morgan fingerprint density at radius 3 is 2.44 bits per heavy atom. The summed E-state index contributed by atoms with van der Waals surface area (Å²) in [5, 5.41) is -0.863. The summed E-state index contributed by atoms with van der Waals surface area (Å²) in [6, 6.07) is 0. The van der Waals surface area contributed by atoms with Gasteiger partial charge in [0.1, 0.15) is 12.3 Å². The van der Waals surface area contributed by atoms with Crippen LogP contribution in [0.15, 0.2) is 23.8 Å². The molecule has 0 saturated carbocycles. The molecule has 132 valence electrons. The first-order valence-corrected chi connectivity index (χ1v) is 8.99. The van der Waals surface area contributed by atoms with Crippen LogP contribution < -0.4 is 4.90 Å². The van der Waals surface area contributed by atoms with Crippen molar-refractivity contribution in [1.29, 1.82) is 0 Å². The van der Waals surface area contributed by atoms with Crippen molar-refractivity contribution in [2.24, 2.45) is 0 Å². The van der Waals surface area contributed by atoms with E-state index in [0.717, 1.165) is 17.7 Å². The predicted octanol–water partition coefficient (Wildman–Crippen LogP) is 3.56. The molecular weight excluding hydrogens is 369 g/mol. The average molecular weight is 384 g/mol. The Morgan fingerprint density at radius 2 is 1.88 bits per heavy atom. The van der Waals surface area contributed by atoms with Gasteiger partial charge in [0.2, 0.25) is 5.13 Å². The van der Waals surface area contributed by atoms with E-state index in [-0.39, 0.29) is 28.6 Å². The minimum absolute atomic E-state index is 0.0386. The Morgan fingerprint density at radius 1 is 1.28 bits per heavy atom. The van der Waals surface area contributed by atoms with E-state index in [0.29, 0.717) is 35.3 Å². The lowest BCUT2D eigenvalue weighted by Crippen LogP contribution is -2.32. The molecule has 8 heteroatoms. The molecule has 1 aliphatic carbocycles. The molecule has 0 aromatic carbocycles. The normalized spacial score (nSPS) is 17.1. The second kappa shape index (κ2) is 7.09. The van der Waals surface area contributed by atoms with Gasteiger partial charge < -0.3 is 4.74 Å². The molecule has 0 atom stereocenters. The summed E-state index contributed by atoms with van der Waals surface area (Å²) in [7, 11) is 0. The first kappa shape index (κ1) is 17.8. The molecule has 2 heterocycles. The van der Waals surface area contributed by atoms with Crippen LogP contribution in [0.25, 0.3) is 0 Å². The van der Waals surface area contributed by atoms with Gasteiger partial charge in [-0.15, -0.1) is 11.3 Å². The van der Waals surface area contributed by atoms with Crippen LogP contribution in [-0.4, -0.2) is 24.4 Å². The molecular formula is C17H15ClFNO4S. The Balaban J connectivity index is 1.89. The van der Waals surface area contributed by atoms with Crippen molar-refractivity contribution in [2.45, 2.75) is 32.1 Å². The molecule has 1 aromatic heterocycles. The highest BCUT2D eigenvalue weighted by Crippen LogP contribution is 2.44. The number of carbonyl (C=O) groups excluding carboxylic acids is 3. The summed E-state index contributed by atoms with van der Waals surface area (Å²) in [5.74, 6) is -1.62. The van der Waals surface area contributed by atoms with Crippen LogP contribution in [0, 0.1) is 5.13 Å². The third-order valence-corrected chi connectivity index (χ3v) is 5.62. The summed E-state index contributed by atoms with van der Waals surface area (Å²) in [6.07, 6.45) is 3.86. The van der Waals surface area contributed by atoms with Crippen molar-refractivity contribution in [2.75, 3.05) is 11.5 Å². The highest BCUT2D eigenvalue weighted by molar-refractivity contribution is 7.11. The van der Waals surface area contributed by atoms with Gasteiger partial charge in [0.15, 0.2) is 0 Å². The molecule has 3 rings (SSSR count). The molecule has 1 aliphatic heterocycles. The number of ether oxygens (including phenoxy) is 1.